The summed E-state index contributed by atoms with van der Waals surface area (Å²) in [7, 11) is 0. The van der Waals surface area contributed by atoms with Gasteiger partial charge >= 0.3 is 6.18 Å². The number of carbonyl (C=O) groups is 1. The van der Waals surface area contributed by atoms with Gasteiger partial charge in [-0.1, -0.05) is 6.92 Å². The number of halogens is 3. The SMILES string of the molecule is CCCOC(C)c1ccc(C(=O)Nc2ccc(Oc3ccc(C(F)(F)F)cc3)cc2)c(C)n1. The van der Waals surface area contributed by atoms with Gasteiger partial charge in [0, 0.05) is 12.3 Å². The number of aryl methyl sites for hydroxylation is 1. The normalized spacial score (nSPS) is 12.3. The average Bonchev–Trinajstić information content (AvgIpc) is 2.78. The van der Waals surface area contributed by atoms with Gasteiger partial charge in [-0.15, -0.1) is 0 Å². The number of rotatable bonds is 8. The molecule has 0 aliphatic heterocycles. The van der Waals surface area contributed by atoms with Crippen LogP contribution in [0, 0.1) is 6.92 Å². The average molecular weight is 458 g/mol. The van der Waals surface area contributed by atoms with Gasteiger partial charge in [-0.3, -0.25) is 9.78 Å². The molecule has 1 heterocycles. The van der Waals surface area contributed by atoms with Crippen molar-refractivity contribution >= 4 is 11.6 Å². The lowest BCUT2D eigenvalue weighted by Gasteiger charge is -2.14. The molecule has 3 aromatic rings. The molecule has 0 saturated heterocycles. The summed E-state index contributed by atoms with van der Waals surface area (Å²) in [4.78, 5) is 17.2. The van der Waals surface area contributed by atoms with Gasteiger partial charge in [0.1, 0.15) is 11.5 Å². The standard InChI is InChI=1S/C25H25F3N2O3/c1-4-15-32-17(3)23-14-13-22(16(2)29-23)24(31)30-19-7-11-21(12-8-19)33-20-9-5-18(6-10-20)25(26,27)28/h5-14,17H,4,15H2,1-3H3,(H,30,31). The zero-order valence-electron chi connectivity index (χ0n) is 18.6. The molecule has 0 radical (unpaired) electrons. The van der Waals surface area contributed by atoms with E-state index >= 15 is 0 Å². The number of anilines is 1. The van der Waals surface area contributed by atoms with E-state index in [-0.39, 0.29) is 17.8 Å². The van der Waals surface area contributed by atoms with E-state index in [0.717, 1.165) is 24.2 Å². The maximum Gasteiger partial charge on any atom is 0.416 e. The molecule has 0 aliphatic carbocycles. The number of hydrogen-bond donors (Lipinski definition) is 1. The number of carbonyl (C=O) groups excluding carboxylic acids is 1. The Labute approximate surface area is 190 Å². The fourth-order valence-corrected chi connectivity index (χ4v) is 3.08. The van der Waals surface area contributed by atoms with Gasteiger partial charge in [-0.05, 0) is 80.9 Å². The number of nitrogens with zero attached hydrogens (tertiary/aromatic N) is 1. The largest absolute Gasteiger partial charge is 0.457 e. The molecule has 2 aromatic carbocycles. The maximum atomic E-state index is 12.7. The highest BCUT2D eigenvalue weighted by Gasteiger charge is 2.30. The lowest BCUT2D eigenvalue weighted by atomic mass is 10.1. The van der Waals surface area contributed by atoms with E-state index < -0.39 is 11.7 Å². The predicted octanol–water partition coefficient (Wildman–Crippen LogP) is 6.94. The summed E-state index contributed by atoms with van der Waals surface area (Å²) in [5, 5.41) is 2.81. The Kier molecular flexibility index (Phi) is 7.71. The molecule has 1 amide bonds. The van der Waals surface area contributed by atoms with Gasteiger partial charge in [0.2, 0.25) is 0 Å². The van der Waals surface area contributed by atoms with Crippen LogP contribution in [-0.4, -0.2) is 17.5 Å². The maximum absolute atomic E-state index is 12.7. The molecular weight excluding hydrogens is 433 g/mol. The molecule has 0 bridgehead atoms. The molecule has 5 nitrogen and oxygen atoms in total. The van der Waals surface area contributed by atoms with E-state index in [1.165, 1.54) is 12.1 Å². The van der Waals surface area contributed by atoms with Crippen LogP contribution in [0.2, 0.25) is 0 Å². The number of hydrogen-bond acceptors (Lipinski definition) is 4. The van der Waals surface area contributed by atoms with Crippen molar-refractivity contribution < 1.29 is 27.4 Å². The summed E-state index contributed by atoms with van der Waals surface area (Å²) in [6, 6.07) is 14.5. The van der Waals surface area contributed by atoms with Crippen LogP contribution in [0.1, 0.15) is 53.7 Å². The van der Waals surface area contributed by atoms with Crippen LogP contribution < -0.4 is 10.1 Å². The van der Waals surface area contributed by atoms with Crippen LogP contribution in [-0.2, 0) is 10.9 Å². The summed E-state index contributed by atoms with van der Waals surface area (Å²) < 4.78 is 49.2. The molecule has 1 unspecified atom stereocenters. The Bertz CT molecular complexity index is 1080. The molecule has 1 aromatic heterocycles. The summed E-state index contributed by atoms with van der Waals surface area (Å²) in [6.45, 7) is 6.37. The lowest BCUT2D eigenvalue weighted by molar-refractivity contribution is -0.137. The third-order valence-electron chi connectivity index (χ3n) is 4.87. The summed E-state index contributed by atoms with van der Waals surface area (Å²) in [5.41, 5.74) is 1.62. The molecular formula is C25H25F3N2O3. The predicted molar refractivity (Wildman–Crippen MR) is 120 cm³/mol. The van der Waals surface area contributed by atoms with Crippen LogP contribution in [0.3, 0.4) is 0 Å². The molecule has 33 heavy (non-hydrogen) atoms. The van der Waals surface area contributed by atoms with Gasteiger partial charge in [-0.25, -0.2) is 0 Å². The molecule has 1 N–H and O–H groups in total. The minimum absolute atomic E-state index is 0.155. The van der Waals surface area contributed by atoms with Gasteiger partial charge < -0.3 is 14.8 Å². The smallest absolute Gasteiger partial charge is 0.416 e. The van der Waals surface area contributed by atoms with Crippen molar-refractivity contribution in [1.82, 2.24) is 4.98 Å². The quantitative estimate of drug-likeness (QED) is 0.397. The topological polar surface area (TPSA) is 60.5 Å². The zero-order chi connectivity index (χ0) is 24.0. The fourth-order valence-electron chi connectivity index (χ4n) is 3.08. The zero-order valence-corrected chi connectivity index (χ0v) is 18.6. The van der Waals surface area contributed by atoms with E-state index in [2.05, 4.69) is 10.3 Å². The van der Waals surface area contributed by atoms with E-state index in [4.69, 9.17) is 9.47 Å². The van der Waals surface area contributed by atoms with Gasteiger partial charge in [0.25, 0.3) is 5.91 Å². The Morgan fingerprint density at radius 1 is 1.00 bits per heavy atom. The minimum atomic E-state index is -4.40. The first-order valence-electron chi connectivity index (χ1n) is 10.5. The van der Waals surface area contributed by atoms with Crippen LogP contribution >= 0.6 is 0 Å². The summed E-state index contributed by atoms with van der Waals surface area (Å²) in [5.74, 6) is 0.403. The molecule has 3 rings (SSSR count). The first-order valence-corrected chi connectivity index (χ1v) is 10.5. The number of alkyl halides is 3. The monoisotopic (exact) mass is 458 g/mol. The number of benzene rings is 2. The molecule has 0 saturated carbocycles. The highest BCUT2D eigenvalue weighted by molar-refractivity contribution is 6.05. The third-order valence-corrected chi connectivity index (χ3v) is 4.87. The van der Waals surface area contributed by atoms with Crippen LogP contribution in [0.25, 0.3) is 0 Å². The number of nitrogens with one attached hydrogen (secondary N) is 1. The minimum Gasteiger partial charge on any atom is -0.457 e. The van der Waals surface area contributed by atoms with E-state index in [9.17, 15) is 18.0 Å². The van der Waals surface area contributed by atoms with E-state index in [1.807, 2.05) is 13.8 Å². The lowest BCUT2D eigenvalue weighted by Crippen LogP contribution is -2.15. The first kappa shape index (κ1) is 24.3. The molecule has 0 aliphatic rings. The summed E-state index contributed by atoms with van der Waals surface area (Å²) in [6.07, 6.45) is -3.64. The molecule has 1 atom stereocenters. The second-order valence-electron chi connectivity index (χ2n) is 7.48. The van der Waals surface area contributed by atoms with E-state index in [1.54, 1.807) is 43.3 Å². The van der Waals surface area contributed by atoms with Crippen molar-refractivity contribution in [2.75, 3.05) is 11.9 Å². The molecule has 8 heteroatoms. The molecule has 0 fully saturated rings. The van der Waals surface area contributed by atoms with Crippen LogP contribution in [0.5, 0.6) is 11.5 Å². The highest BCUT2D eigenvalue weighted by atomic mass is 19.4. The summed E-state index contributed by atoms with van der Waals surface area (Å²) >= 11 is 0. The molecule has 174 valence electrons. The number of amides is 1. The Balaban J connectivity index is 1.62. The Morgan fingerprint density at radius 3 is 2.15 bits per heavy atom. The Morgan fingerprint density at radius 2 is 1.61 bits per heavy atom. The number of aromatic nitrogens is 1. The van der Waals surface area contributed by atoms with Gasteiger partial charge in [-0.2, -0.15) is 13.2 Å². The highest BCUT2D eigenvalue weighted by Crippen LogP contribution is 2.31. The van der Waals surface area contributed by atoms with Gasteiger partial charge in [0.05, 0.1) is 28.6 Å². The van der Waals surface area contributed by atoms with Crippen LogP contribution in [0.15, 0.2) is 60.7 Å². The van der Waals surface area contributed by atoms with Gasteiger partial charge in [0.15, 0.2) is 0 Å². The second-order valence-corrected chi connectivity index (χ2v) is 7.48. The second kappa shape index (κ2) is 10.5. The van der Waals surface area contributed by atoms with E-state index in [0.29, 0.717) is 29.3 Å². The number of ether oxygens (including phenoxy) is 2. The third kappa shape index (κ3) is 6.55. The van der Waals surface area contributed by atoms with Crippen molar-refractivity contribution in [3.8, 4) is 11.5 Å². The van der Waals surface area contributed by atoms with Crippen molar-refractivity contribution in [3.05, 3.63) is 83.2 Å². The number of pyridine rings is 1. The van der Waals surface area contributed by atoms with Crippen molar-refractivity contribution in [1.29, 1.82) is 0 Å². The molecule has 0 spiro atoms. The van der Waals surface area contributed by atoms with Crippen LogP contribution in [0.4, 0.5) is 18.9 Å². The van der Waals surface area contributed by atoms with Crippen molar-refractivity contribution in [2.45, 2.75) is 39.5 Å². The Hall–Kier alpha value is -3.39. The van der Waals surface area contributed by atoms with Crippen molar-refractivity contribution in [2.24, 2.45) is 0 Å². The fraction of sp³-hybridized carbons (Fsp3) is 0.280. The first-order chi connectivity index (χ1) is 15.7. The van der Waals surface area contributed by atoms with Crippen molar-refractivity contribution in [3.63, 3.8) is 0 Å².